The van der Waals surface area contributed by atoms with Gasteiger partial charge in [-0.3, -0.25) is 4.79 Å². The van der Waals surface area contributed by atoms with Gasteiger partial charge in [0.15, 0.2) is 5.78 Å². The highest BCUT2D eigenvalue weighted by Gasteiger charge is 2.04. The summed E-state index contributed by atoms with van der Waals surface area (Å²) < 4.78 is 0. The Hall–Kier alpha value is -2.06. The Kier molecular flexibility index (Phi) is 3.80. The van der Waals surface area contributed by atoms with Crippen molar-refractivity contribution in [1.29, 1.82) is 0 Å². The van der Waals surface area contributed by atoms with E-state index in [9.17, 15) is 4.79 Å². The number of hydrogen-bond donors (Lipinski definition) is 1. The van der Waals surface area contributed by atoms with E-state index in [2.05, 4.69) is 0 Å². The first-order valence-corrected chi connectivity index (χ1v) is 5.87. The van der Waals surface area contributed by atoms with Gasteiger partial charge in [0.1, 0.15) is 0 Å². The van der Waals surface area contributed by atoms with E-state index in [1.165, 1.54) is 6.08 Å². The number of allylic oxidation sites excluding steroid dienone is 1. The van der Waals surface area contributed by atoms with Crippen molar-refractivity contribution in [2.24, 2.45) is 0 Å². The van der Waals surface area contributed by atoms with Crippen molar-refractivity contribution in [3.05, 3.63) is 70.8 Å². The van der Waals surface area contributed by atoms with Crippen molar-refractivity contribution < 1.29 is 4.79 Å². The maximum absolute atomic E-state index is 11.9. The molecule has 0 aliphatic rings. The van der Waals surface area contributed by atoms with E-state index < -0.39 is 0 Å². The highest BCUT2D eigenvalue weighted by molar-refractivity contribution is 6.30. The molecule has 2 nitrogen and oxygen atoms in total. The Morgan fingerprint density at radius 3 is 2.61 bits per heavy atom. The molecule has 0 aliphatic carbocycles. The van der Waals surface area contributed by atoms with Crippen LogP contribution < -0.4 is 5.73 Å². The minimum Gasteiger partial charge on any atom is -0.398 e. The van der Waals surface area contributed by atoms with Gasteiger partial charge in [-0.15, -0.1) is 0 Å². The fourth-order valence-electron chi connectivity index (χ4n) is 1.59. The van der Waals surface area contributed by atoms with Gasteiger partial charge in [0, 0.05) is 16.3 Å². The van der Waals surface area contributed by atoms with Gasteiger partial charge in [-0.1, -0.05) is 41.9 Å². The minimum atomic E-state index is -0.118. The van der Waals surface area contributed by atoms with Gasteiger partial charge < -0.3 is 5.73 Å². The van der Waals surface area contributed by atoms with E-state index in [4.69, 9.17) is 17.3 Å². The summed E-state index contributed by atoms with van der Waals surface area (Å²) in [5.41, 5.74) is 7.61. The SMILES string of the molecule is Nc1ccccc1C(=O)C=Cc1cccc(Cl)c1. The van der Waals surface area contributed by atoms with Crippen LogP contribution >= 0.6 is 11.6 Å². The molecule has 90 valence electrons. The summed E-state index contributed by atoms with van der Waals surface area (Å²) in [5.74, 6) is -0.118. The van der Waals surface area contributed by atoms with E-state index in [-0.39, 0.29) is 5.78 Å². The summed E-state index contributed by atoms with van der Waals surface area (Å²) in [6.07, 6.45) is 3.22. The first-order chi connectivity index (χ1) is 8.66. The lowest BCUT2D eigenvalue weighted by atomic mass is 10.1. The molecule has 0 saturated carbocycles. The van der Waals surface area contributed by atoms with E-state index in [1.807, 2.05) is 12.1 Å². The van der Waals surface area contributed by atoms with Crippen LogP contribution in [0.5, 0.6) is 0 Å². The van der Waals surface area contributed by atoms with Crippen LogP contribution in [-0.2, 0) is 0 Å². The number of nitrogens with two attached hydrogens (primary N) is 1. The highest BCUT2D eigenvalue weighted by Crippen LogP contribution is 2.14. The highest BCUT2D eigenvalue weighted by atomic mass is 35.5. The Morgan fingerprint density at radius 2 is 1.89 bits per heavy atom. The molecule has 0 unspecified atom stereocenters. The zero-order chi connectivity index (χ0) is 13.0. The molecule has 0 aliphatic heterocycles. The fourth-order valence-corrected chi connectivity index (χ4v) is 1.79. The standard InChI is InChI=1S/C15H12ClNO/c16-12-5-3-4-11(10-12)8-9-15(18)13-6-1-2-7-14(13)17/h1-10H,17H2. The molecule has 0 radical (unpaired) electrons. The first kappa shape index (κ1) is 12.4. The van der Waals surface area contributed by atoms with Crippen LogP contribution in [0, 0.1) is 0 Å². The van der Waals surface area contributed by atoms with Crippen LogP contribution in [0.15, 0.2) is 54.6 Å². The van der Waals surface area contributed by atoms with Crippen molar-refractivity contribution in [2.45, 2.75) is 0 Å². The molecule has 2 aromatic carbocycles. The molecule has 0 aromatic heterocycles. The predicted octanol–water partition coefficient (Wildman–Crippen LogP) is 3.82. The number of nitrogen functional groups attached to an aromatic ring is 1. The normalized spacial score (nSPS) is 10.7. The molecule has 0 amide bonds. The molecule has 18 heavy (non-hydrogen) atoms. The topological polar surface area (TPSA) is 43.1 Å². The van der Waals surface area contributed by atoms with Crippen molar-refractivity contribution in [1.82, 2.24) is 0 Å². The van der Waals surface area contributed by atoms with Gasteiger partial charge in [0.25, 0.3) is 0 Å². The van der Waals surface area contributed by atoms with E-state index in [0.29, 0.717) is 16.3 Å². The van der Waals surface area contributed by atoms with Crippen molar-refractivity contribution >= 4 is 29.1 Å². The summed E-state index contributed by atoms with van der Waals surface area (Å²) in [6, 6.07) is 14.3. The Balaban J connectivity index is 2.20. The summed E-state index contributed by atoms with van der Waals surface area (Å²) in [5, 5.41) is 0.642. The maximum atomic E-state index is 11.9. The number of ketones is 1. The third kappa shape index (κ3) is 2.99. The van der Waals surface area contributed by atoms with Gasteiger partial charge in [-0.05, 0) is 35.9 Å². The van der Waals surface area contributed by atoms with Gasteiger partial charge in [-0.2, -0.15) is 0 Å². The van der Waals surface area contributed by atoms with Gasteiger partial charge in [0.05, 0.1) is 0 Å². The molecule has 0 fully saturated rings. The smallest absolute Gasteiger partial charge is 0.187 e. The number of anilines is 1. The van der Waals surface area contributed by atoms with E-state index in [1.54, 1.807) is 42.5 Å². The molecule has 3 heteroatoms. The third-order valence-electron chi connectivity index (χ3n) is 2.50. The van der Waals surface area contributed by atoms with Crippen molar-refractivity contribution in [2.75, 3.05) is 5.73 Å². The molecular weight excluding hydrogens is 246 g/mol. The lowest BCUT2D eigenvalue weighted by molar-refractivity contribution is 0.104. The third-order valence-corrected chi connectivity index (χ3v) is 2.74. The number of carbonyl (C=O) groups is 1. The van der Waals surface area contributed by atoms with E-state index >= 15 is 0 Å². The zero-order valence-electron chi connectivity index (χ0n) is 9.64. The van der Waals surface area contributed by atoms with Gasteiger partial charge in [-0.25, -0.2) is 0 Å². The Bertz CT molecular complexity index is 605. The molecule has 0 heterocycles. The van der Waals surface area contributed by atoms with Crippen LogP contribution in [0.3, 0.4) is 0 Å². The molecule has 2 N–H and O–H groups in total. The second-order valence-electron chi connectivity index (χ2n) is 3.84. The molecule has 0 spiro atoms. The molecular formula is C15H12ClNO. The molecule has 0 atom stereocenters. The van der Waals surface area contributed by atoms with Crippen LogP contribution in [0.1, 0.15) is 15.9 Å². The van der Waals surface area contributed by atoms with Crippen molar-refractivity contribution in [3.63, 3.8) is 0 Å². The molecule has 0 bridgehead atoms. The Labute approximate surface area is 111 Å². The van der Waals surface area contributed by atoms with Crippen LogP contribution in [0.2, 0.25) is 5.02 Å². The molecule has 2 aromatic rings. The Morgan fingerprint density at radius 1 is 1.11 bits per heavy atom. The number of hydrogen-bond acceptors (Lipinski definition) is 2. The zero-order valence-corrected chi connectivity index (χ0v) is 10.4. The summed E-state index contributed by atoms with van der Waals surface area (Å²) >= 11 is 5.86. The number of benzene rings is 2. The van der Waals surface area contributed by atoms with Crippen LogP contribution in [0.25, 0.3) is 6.08 Å². The molecule has 2 rings (SSSR count). The molecule has 0 saturated heterocycles. The van der Waals surface area contributed by atoms with Gasteiger partial charge >= 0.3 is 0 Å². The fraction of sp³-hybridized carbons (Fsp3) is 0. The number of halogens is 1. The van der Waals surface area contributed by atoms with Crippen molar-refractivity contribution in [3.8, 4) is 0 Å². The first-order valence-electron chi connectivity index (χ1n) is 5.49. The number of rotatable bonds is 3. The monoisotopic (exact) mass is 257 g/mol. The van der Waals surface area contributed by atoms with E-state index in [0.717, 1.165) is 5.56 Å². The maximum Gasteiger partial charge on any atom is 0.187 e. The quantitative estimate of drug-likeness (QED) is 0.516. The summed E-state index contributed by atoms with van der Waals surface area (Å²) in [7, 11) is 0. The lowest BCUT2D eigenvalue weighted by Crippen LogP contribution is -1.99. The van der Waals surface area contributed by atoms with Crippen LogP contribution in [0.4, 0.5) is 5.69 Å². The largest absolute Gasteiger partial charge is 0.398 e. The van der Waals surface area contributed by atoms with Gasteiger partial charge in [0.2, 0.25) is 0 Å². The lowest BCUT2D eigenvalue weighted by Gasteiger charge is -2.00. The summed E-state index contributed by atoms with van der Waals surface area (Å²) in [4.78, 5) is 11.9. The minimum absolute atomic E-state index is 0.118. The second kappa shape index (κ2) is 5.52. The van der Waals surface area contributed by atoms with Crippen LogP contribution in [-0.4, -0.2) is 5.78 Å². The average molecular weight is 258 g/mol. The number of para-hydroxylation sites is 1. The predicted molar refractivity (Wildman–Crippen MR) is 75.7 cm³/mol. The number of carbonyl (C=O) groups excluding carboxylic acids is 1. The second-order valence-corrected chi connectivity index (χ2v) is 4.28. The summed E-state index contributed by atoms with van der Waals surface area (Å²) in [6.45, 7) is 0. The average Bonchev–Trinajstić information content (AvgIpc) is 2.37.